The lowest BCUT2D eigenvalue weighted by Crippen LogP contribution is -2.23. The van der Waals surface area contributed by atoms with Crippen LogP contribution in [0, 0.1) is 5.41 Å². The first kappa shape index (κ1) is 16.4. The third-order valence-corrected chi connectivity index (χ3v) is 5.15. The minimum atomic E-state index is -3.19. The highest BCUT2D eigenvalue weighted by molar-refractivity contribution is 7.91. The average Bonchev–Trinajstić information content (AvgIpc) is 3.00. The second kappa shape index (κ2) is 7.21. The van der Waals surface area contributed by atoms with E-state index in [-0.39, 0.29) is 17.9 Å². The molecule has 0 aromatic carbocycles. The number of ether oxygens (including phenoxy) is 2. The fraction of sp³-hybridized carbons (Fsp3) is 0.917. The molecule has 1 fully saturated rings. The fourth-order valence-electron chi connectivity index (χ4n) is 2.03. The molecule has 0 amide bonds. The van der Waals surface area contributed by atoms with Crippen molar-refractivity contribution in [3.05, 3.63) is 0 Å². The topological polar surface area (TPSA) is 89.9 Å². The number of hydrogen-bond acceptors (Lipinski definition) is 5. The highest BCUT2D eigenvalue weighted by atomic mass is 32.2. The van der Waals surface area contributed by atoms with Gasteiger partial charge >= 0.3 is 5.97 Å². The van der Waals surface area contributed by atoms with Crippen LogP contribution < -0.4 is 0 Å². The molecule has 0 radical (unpaired) electrons. The molecule has 6 nitrogen and oxygen atoms in total. The van der Waals surface area contributed by atoms with Gasteiger partial charge < -0.3 is 14.6 Å². The van der Waals surface area contributed by atoms with Crippen molar-refractivity contribution in [3.8, 4) is 0 Å². The van der Waals surface area contributed by atoms with E-state index in [9.17, 15) is 13.2 Å². The molecular weight excluding hydrogens is 272 g/mol. The van der Waals surface area contributed by atoms with Crippen LogP contribution in [0.25, 0.3) is 0 Å². The van der Waals surface area contributed by atoms with Crippen molar-refractivity contribution in [1.29, 1.82) is 0 Å². The smallest absolute Gasteiger partial charge is 0.303 e. The van der Waals surface area contributed by atoms with Gasteiger partial charge in [-0.1, -0.05) is 0 Å². The van der Waals surface area contributed by atoms with Crippen molar-refractivity contribution in [2.75, 3.05) is 38.4 Å². The van der Waals surface area contributed by atoms with Crippen LogP contribution in [0.15, 0.2) is 0 Å². The van der Waals surface area contributed by atoms with Crippen LogP contribution in [0.3, 0.4) is 0 Å². The maximum absolute atomic E-state index is 11.9. The molecule has 0 unspecified atom stereocenters. The van der Waals surface area contributed by atoms with Gasteiger partial charge in [0, 0.05) is 13.7 Å². The quantitative estimate of drug-likeness (QED) is 0.564. The van der Waals surface area contributed by atoms with E-state index in [4.69, 9.17) is 14.6 Å². The highest BCUT2D eigenvalue weighted by Crippen LogP contribution is 2.49. The molecule has 0 aromatic rings. The molecule has 1 N–H and O–H groups in total. The first-order chi connectivity index (χ1) is 8.89. The van der Waals surface area contributed by atoms with E-state index in [0.29, 0.717) is 39.1 Å². The number of methoxy groups -OCH3 is 1. The Bertz CT molecular complexity index is 385. The number of aliphatic carboxylic acids is 1. The average molecular weight is 294 g/mol. The largest absolute Gasteiger partial charge is 0.481 e. The number of carboxylic acids is 1. The molecule has 19 heavy (non-hydrogen) atoms. The molecule has 0 atom stereocenters. The summed E-state index contributed by atoms with van der Waals surface area (Å²) in [4.78, 5) is 10.7. The van der Waals surface area contributed by atoms with Gasteiger partial charge in [-0.3, -0.25) is 4.79 Å². The summed E-state index contributed by atoms with van der Waals surface area (Å²) in [6.45, 7) is 1.34. The summed E-state index contributed by atoms with van der Waals surface area (Å²) in [5, 5.41) is 8.76. The summed E-state index contributed by atoms with van der Waals surface area (Å²) >= 11 is 0. The molecule has 112 valence electrons. The molecule has 1 aliphatic rings. The van der Waals surface area contributed by atoms with Gasteiger partial charge in [-0.2, -0.15) is 0 Å². The Morgan fingerprint density at radius 3 is 2.47 bits per heavy atom. The molecule has 0 saturated heterocycles. The Morgan fingerprint density at radius 1 is 1.26 bits per heavy atom. The SMILES string of the molecule is COCCOCCCS(=O)(=O)CC1(CC(=O)O)CC1. The number of rotatable bonds is 11. The Hall–Kier alpha value is -0.660. The molecular formula is C12H22O6S. The minimum Gasteiger partial charge on any atom is -0.481 e. The van der Waals surface area contributed by atoms with Crippen LogP contribution in [0.4, 0.5) is 0 Å². The predicted molar refractivity (Wildman–Crippen MR) is 69.9 cm³/mol. The summed E-state index contributed by atoms with van der Waals surface area (Å²) in [5.41, 5.74) is -0.498. The van der Waals surface area contributed by atoms with Gasteiger partial charge in [-0.15, -0.1) is 0 Å². The Balaban J connectivity index is 2.23. The zero-order valence-electron chi connectivity index (χ0n) is 11.3. The molecule has 1 aliphatic carbocycles. The van der Waals surface area contributed by atoms with Crippen molar-refractivity contribution >= 4 is 15.8 Å². The Labute approximate surface area is 114 Å². The molecule has 0 spiro atoms. The zero-order chi connectivity index (χ0) is 14.4. The van der Waals surface area contributed by atoms with E-state index < -0.39 is 21.2 Å². The van der Waals surface area contributed by atoms with Gasteiger partial charge in [0.2, 0.25) is 0 Å². The maximum Gasteiger partial charge on any atom is 0.303 e. The Kier molecular flexibility index (Phi) is 6.22. The van der Waals surface area contributed by atoms with Crippen molar-refractivity contribution in [3.63, 3.8) is 0 Å². The van der Waals surface area contributed by atoms with E-state index in [1.807, 2.05) is 0 Å². The van der Waals surface area contributed by atoms with Crippen molar-refractivity contribution in [2.45, 2.75) is 25.7 Å². The van der Waals surface area contributed by atoms with Gasteiger partial charge in [-0.25, -0.2) is 8.42 Å². The zero-order valence-corrected chi connectivity index (χ0v) is 12.1. The fourth-order valence-corrected chi connectivity index (χ4v) is 4.06. The lowest BCUT2D eigenvalue weighted by atomic mass is 10.1. The van der Waals surface area contributed by atoms with Gasteiger partial charge in [0.25, 0.3) is 0 Å². The van der Waals surface area contributed by atoms with Gasteiger partial charge in [0.1, 0.15) is 0 Å². The van der Waals surface area contributed by atoms with Crippen LogP contribution in [0.2, 0.25) is 0 Å². The number of hydrogen-bond donors (Lipinski definition) is 1. The lowest BCUT2D eigenvalue weighted by molar-refractivity contribution is -0.138. The second-order valence-corrected chi connectivity index (χ2v) is 7.31. The molecule has 1 rings (SSSR count). The monoisotopic (exact) mass is 294 g/mol. The third kappa shape index (κ3) is 6.89. The summed E-state index contributed by atoms with van der Waals surface area (Å²) in [6, 6.07) is 0. The van der Waals surface area contributed by atoms with E-state index >= 15 is 0 Å². The number of carbonyl (C=O) groups is 1. The molecule has 1 saturated carbocycles. The molecule has 0 bridgehead atoms. The van der Waals surface area contributed by atoms with Crippen molar-refractivity contribution in [1.82, 2.24) is 0 Å². The van der Waals surface area contributed by atoms with Crippen LogP contribution >= 0.6 is 0 Å². The van der Waals surface area contributed by atoms with E-state index in [0.717, 1.165) is 0 Å². The molecule has 7 heteroatoms. The number of sulfone groups is 1. The second-order valence-electron chi connectivity index (χ2n) is 5.12. The maximum atomic E-state index is 11.9. The summed E-state index contributed by atoms with van der Waals surface area (Å²) in [5.74, 6) is -0.873. The number of carboxylic acid groups (broad SMARTS) is 1. The van der Waals surface area contributed by atoms with E-state index in [1.54, 1.807) is 7.11 Å². The molecule has 0 aliphatic heterocycles. The predicted octanol–water partition coefficient (Wildman–Crippen LogP) is 0.709. The molecule has 0 heterocycles. The van der Waals surface area contributed by atoms with Gasteiger partial charge in [0.05, 0.1) is 31.1 Å². The summed E-state index contributed by atoms with van der Waals surface area (Å²) < 4.78 is 33.8. The van der Waals surface area contributed by atoms with Gasteiger partial charge in [-0.05, 0) is 24.7 Å². The van der Waals surface area contributed by atoms with E-state index in [1.165, 1.54) is 0 Å². The van der Waals surface area contributed by atoms with Crippen LogP contribution in [0.5, 0.6) is 0 Å². The third-order valence-electron chi connectivity index (χ3n) is 3.19. The lowest BCUT2D eigenvalue weighted by Gasteiger charge is -2.12. The molecule has 0 aromatic heterocycles. The van der Waals surface area contributed by atoms with Crippen LogP contribution in [-0.4, -0.2) is 57.9 Å². The van der Waals surface area contributed by atoms with Crippen LogP contribution in [0.1, 0.15) is 25.7 Å². The summed E-state index contributed by atoms with van der Waals surface area (Å²) in [6.07, 6.45) is 1.79. The Morgan fingerprint density at radius 2 is 1.95 bits per heavy atom. The van der Waals surface area contributed by atoms with Crippen molar-refractivity contribution in [2.24, 2.45) is 5.41 Å². The van der Waals surface area contributed by atoms with Gasteiger partial charge in [0.15, 0.2) is 9.84 Å². The summed E-state index contributed by atoms with van der Waals surface area (Å²) in [7, 11) is -1.61. The highest BCUT2D eigenvalue weighted by Gasteiger charge is 2.47. The van der Waals surface area contributed by atoms with Crippen LogP contribution in [-0.2, 0) is 24.1 Å². The standard InChI is InChI=1S/C12H22O6S/c1-17-6-7-18-5-2-8-19(15,16)10-12(3-4-12)9-11(13)14/h2-10H2,1H3,(H,13,14). The van der Waals surface area contributed by atoms with E-state index in [2.05, 4.69) is 0 Å². The van der Waals surface area contributed by atoms with Crippen molar-refractivity contribution < 1.29 is 27.8 Å². The first-order valence-corrected chi connectivity index (χ1v) is 8.20. The minimum absolute atomic E-state index is 0.00955. The first-order valence-electron chi connectivity index (χ1n) is 6.38. The normalized spacial score (nSPS) is 17.3.